The summed E-state index contributed by atoms with van der Waals surface area (Å²) in [6.45, 7) is 0.0879. The zero-order valence-corrected chi connectivity index (χ0v) is 12.1. The lowest BCUT2D eigenvalue weighted by Gasteiger charge is -2.22. The molecule has 0 N–H and O–H groups in total. The Balaban J connectivity index is 2.99. The summed E-state index contributed by atoms with van der Waals surface area (Å²) in [5.41, 5.74) is 0. The van der Waals surface area contributed by atoms with Crippen molar-refractivity contribution < 1.29 is 14.5 Å². The highest BCUT2D eigenvalue weighted by atomic mass is 79.9. The summed E-state index contributed by atoms with van der Waals surface area (Å²) in [4.78, 5) is 38.2. The Hall–Kier alpha value is -1.81. The minimum Gasteiger partial charge on any atom is -0.299 e. The molecule has 1 aromatic rings. The molecule has 0 aromatic carbocycles. The molecule has 0 bridgehead atoms. The van der Waals surface area contributed by atoms with Crippen molar-refractivity contribution in [1.82, 2.24) is 14.8 Å². The second kappa shape index (κ2) is 6.95. The first-order valence-electron chi connectivity index (χ1n) is 4.83. The summed E-state index contributed by atoms with van der Waals surface area (Å²) in [7, 11) is 1.32. The Morgan fingerprint density at radius 3 is 2.68 bits per heavy atom. The zero-order chi connectivity index (χ0) is 14.4. The van der Waals surface area contributed by atoms with E-state index in [4.69, 9.17) is 0 Å². The standard InChI is InChI=1S/C9H9BrN4O4S/c1-12(5-15)8(4-14(17)18)13(6-16)3-7-2-11-9(10)19-7/h2,4-6H,3H2,1H3. The first-order valence-corrected chi connectivity index (χ1v) is 6.44. The molecule has 0 unspecified atom stereocenters. The molecular weight excluding hydrogens is 340 g/mol. The molecular formula is C9H9BrN4O4S. The maximum absolute atomic E-state index is 11.1. The number of thiazole rings is 1. The molecule has 1 heterocycles. The Morgan fingerprint density at radius 1 is 1.58 bits per heavy atom. The van der Waals surface area contributed by atoms with Gasteiger partial charge in [0.05, 0.1) is 11.5 Å². The summed E-state index contributed by atoms with van der Waals surface area (Å²) >= 11 is 4.46. The second-order valence-corrected chi connectivity index (χ2v) is 5.69. The molecule has 0 spiro atoms. The topological polar surface area (TPSA) is 96.6 Å². The maximum atomic E-state index is 11.1. The van der Waals surface area contributed by atoms with Gasteiger partial charge in [0.25, 0.3) is 6.20 Å². The number of amides is 2. The van der Waals surface area contributed by atoms with Gasteiger partial charge in [-0.25, -0.2) is 4.98 Å². The number of rotatable bonds is 7. The molecule has 2 amide bonds. The fourth-order valence-electron chi connectivity index (χ4n) is 1.21. The van der Waals surface area contributed by atoms with Gasteiger partial charge in [-0.2, -0.15) is 0 Å². The third-order valence-corrected chi connectivity index (χ3v) is 3.47. The quantitative estimate of drug-likeness (QED) is 0.416. The summed E-state index contributed by atoms with van der Waals surface area (Å²) in [6, 6.07) is 0. The highest BCUT2D eigenvalue weighted by Crippen LogP contribution is 2.21. The van der Waals surface area contributed by atoms with E-state index >= 15 is 0 Å². The Bertz CT molecular complexity index is 518. The molecule has 0 aliphatic carbocycles. The van der Waals surface area contributed by atoms with Gasteiger partial charge in [-0.1, -0.05) is 0 Å². The fourth-order valence-corrected chi connectivity index (χ4v) is 2.57. The van der Waals surface area contributed by atoms with E-state index in [1.54, 1.807) is 0 Å². The van der Waals surface area contributed by atoms with Crippen molar-refractivity contribution in [2.24, 2.45) is 0 Å². The number of halogens is 1. The van der Waals surface area contributed by atoms with Gasteiger partial charge in [-0.3, -0.25) is 29.5 Å². The second-order valence-electron chi connectivity index (χ2n) is 3.30. The van der Waals surface area contributed by atoms with Crippen molar-refractivity contribution in [2.75, 3.05) is 7.05 Å². The third-order valence-electron chi connectivity index (χ3n) is 2.01. The smallest absolute Gasteiger partial charge is 0.275 e. The molecule has 0 aliphatic rings. The van der Waals surface area contributed by atoms with Crippen molar-refractivity contribution in [3.63, 3.8) is 0 Å². The largest absolute Gasteiger partial charge is 0.299 e. The molecule has 8 nitrogen and oxygen atoms in total. The van der Waals surface area contributed by atoms with Crippen LogP contribution in [-0.4, -0.2) is 39.6 Å². The van der Waals surface area contributed by atoms with E-state index in [1.807, 2.05) is 0 Å². The van der Waals surface area contributed by atoms with E-state index < -0.39 is 4.92 Å². The van der Waals surface area contributed by atoms with Crippen LogP contribution in [0.3, 0.4) is 0 Å². The van der Waals surface area contributed by atoms with Gasteiger partial charge < -0.3 is 0 Å². The van der Waals surface area contributed by atoms with Crippen LogP contribution < -0.4 is 0 Å². The van der Waals surface area contributed by atoms with Crippen LogP contribution in [0, 0.1) is 10.1 Å². The minimum atomic E-state index is -0.728. The first kappa shape index (κ1) is 15.2. The Kier molecular flexibility index (Phi) is 5.57. The molecule has 0 radical (unpaired) electrons. The summed E-state index contributed by atoms with van der Waals surface area (Å²) in [5.74, 6) is -0.125. The third kappa shape index (κ3) is 4.41. The molecule has 0 saturated heterocycles. The molecule has 0 atom stereocenters. The average molecular weight is 349 g/mol. The van der Waals surface area contributed by atoms with Gasteiger partial charge >= 0.3 is 0 Å². The lowest BCUT2D eigenvalue weighted by atomic mass is 10.4. The number of nitrogens with zero attached hydrogens (tertiary/aromatic N) is 4. The minimum absolute atomic E-state index is 0.0879. The molecule has 0 saturated carbocycles. The van der Waals surface area contributed by atoms with E-state index in [2.05, 4.69) is 20.9 Å². The Labute approximate surface area is 120 Å². The van der Waals surface area contributed by atoms with Crippen molar-refractivity contribution in [2.45, 2.75) is 6.54 Å². The van der Waals surface area contributed by atoms with Crippen LogP contribution in [0.4, 0.5) is 0 Å². The van der Waals surface area contributed by atoms with Crippen molar-refractivity contribution >= 4 is 40.1 Å². The predicted octanol–water partition coefficient (Wildman–Crippen LogP) is 1.03. The highest BCUT2D eigenvalue weighted by molar-refractivity contribution is 9.11. The van der Waals surface area contributed by atoms with Crippen molar-refractivity contribution in [3.8, 4) is 0 Å². The molecule has 1 rings (SSSR count). The van der Waals surface area contributed by atoms with E-state index in [1.165, 1.54) is 24.6 Å². The number of aromatic nitrogens is 1. The zero-order valence-electron chi connectivity index (χ0n) is 9.72. The first-order chi connectivity index (χ1) is 8.97. The Morgan fingerprint density at radius 2 is 2.26 bits per heavy atom. The van der Waals surface area contributed by atoms with Gasteiger partial charge in [0, 0.05) is 18.1 Å². The van der Waals surface area contributed by atoms with Crippen LogP contribution in [0.1, 0.15) is 4.88 Å². The van der Waals surface area contributed by atoms with E-state index in [0.29, 0.717) is 27.8 Å². The lowest BCUT2D eigenvalue weighted by Crippen LogP contribution is -2.31. The number of hydrogen-bond donors (Lipinski definition) is 0. The molecule has 102 valence electrons. The fraction of sp³-hybridized carbons (Fsp3) is 0.222. The van der Waals surface area contributed by atoms with Crippen LogP contribution in [0.2, 0.25) is 0 Å². The molecule has 1 aromatic heterocycles. The van der Waals surface area contributed by atoms with Gasteiger partial charge in [0.2, 0.25) is 12.8 Å². The van der Waals surface area contributed by atoms with Gasteiger partial charge in [0.15, 0.2) is 9.74 Å². The van der Waals surface area contributed by atoms with Crippen LogP contribution in [0.15, 0.2) is 22.1 Å². The van der Waals surface area contributed by atoms with Crippen LogP contribution >= 0.6 is 27.3 Å². The van der Waals surface area contributed by atoms with Gasteiger partial charge in [0.1, 0.15) is 0 Å². The van der Waals surface area contributed by atoms with Crippen molar-refractivity contribution in [1.29, 1.82) is 0 Å². The summed E-state index contributed by atoms with van der Waals surface area (Å²) < 4.78 is 0.636. The monoisotopic (exact) mass is 348 g/mol. The number of hydrogen-bond acceptors (Lipinski definition) is 6. The highest BCUT2D eigenvalue weighted by Gasteiger charge is 2.18. The van der Waals surface area contributed by atoms with E-state index in [-0.39, 0.29) is 12.4 Å². The van der Waals surface area contributed by atoms with Crippen LogP contribution in [-0.2, 0) is 16.1 Å². The molecule has 19 heavy (non-hydrogen) atoms. The molecule has 0 fully saturated rings. The van der Waals surface area contributed by atoms with Gasteiger partial charge in [-0.15, -0.1) is 11.3 Å². The van der Waals surface area contributed by atoms with Gasteiger partial charge in [-0.05, 0) is 15.9 Å². The van der Waals surface area contributed by atoms with Crippen LogP contribution in [0.5, 0.6) is 0 Å². The van der Waals surface area contributed by atoms with Crippen molar-refractivity contribution in [3.05, 3.63) is 37.1 Å². The SMILES string of the molecule is CN(C=O)C(=C[N+](=O)[O-])N(C=O)Cc1cnc(Br)s1. The number of carbonyl (C=O) groups excluding carboxylic acids is 2. The van der Waals surface area contributed by atoms with E-state index in [0.717, 1.165) is 9.80 Å². The van der Waals surface area contributed by atoms with Crippen LogP contribution in [0.25, 0.3) is 0 Å². The number of nitro groups is 1. The summed E-state index contributed by atoms with van der Waals surface area (Å²) in [5, 5.41) is 10.5. The average Bonchev–Trinajstić information content (AvgIpc) is 2.77. The number of carbonyl (C=O) groups is 2. The normalized spacial score (nSPS) is 10.9. The lowest BCUT2D eigenvalue weighted by molar-refractivity contribution is -0.405. The molecule has 10 heteroatoms. The maximum Gasteiger partial charge on any atom is 0.275 e. The molecule has 0 aliphatic heterocycles. The summed E-state index contributed by atoms with van der Waals surface area (Å²) in [6.07, 6.45) is 2.94. The van der Waals surface area contributed by atoms with E-state index in [9.17, 15) is 19.7 Å². The predicted molar refractivity (Wildman–Crippen MR) is 70.3 cm³/mol.